The Morgan fingerprint density at radius 3 is 2.38 bits per heavy atom. The second-order valence-corrected chi connectivity index (χ2v) is 4.92. The van der Waals surface area contributed by atoms with Gasteiger partial charge in [-0.3, -0.25) is 4.90 Å². The minimum Gasteiger partial charge on any atom is -0.465 e. The van der Waals surface area contributed by atoms with Gasteiger partial charge in [-0.25, -0.2) is 9.18 Å². The van der Waals surface area contributed by atoms with Crippen LogP contribution in [0.2, 0.25) is 0 Å². The SMILES string of the molecule is COC(=O)c1ccc(CN(CC(F)(F)F)C(C)C)cc1F. The summed E-state index contributed by atoms with van der Waals surface area (Å²) >= 11 is 0. The number of nitrogens with zero attached hydrogens (tertiary/aromatic N) is 1. The van der Waals surface area contributed by atoms with Crippen LogP contribution in [0.3, 0.4) is 0 Å². The zero-order valence-corrected chi connectivity index (χ0v) is 12.0. The number of methoxy groups -OCH3 is 1. The van der Waals surface area contributed by atoms with Crippen LogP contribution in [0, 0.1) is 5.82 Å². The van der Waals surface area contributed by atoms with Crippen LogP contribution in [0.5, 0.6) is 0 Å². The lowest BCUT2D eigenvalue weighted by atomic mass is 10.1. The molecule has 0 aliphatic rings. The van der Waals surface area contributed by atoms with Crippen molar-refractivity contribution in [2.45, 2.75) is 32.6 Å². The zero-order valence-electron chi connectivity index (χ0n) is 12.0. The minimum atomic E-state index is -4.32. The number of esters is 1. The van der Waals surface area contributed by atoms with Gasteiger partial charge in [-0.1, -0.05) is 6.07 Å². The summed E-state index contributed by atoms with van der Waals surface area (Å²) in [5, 5.41) is 0. The molecule has 0 saturated carbocycles. The maximum atomic E-state index is 13.7. The Hall–Kier alpha value is -1.63. The molecule has 0 atom stereocenters. The Morgan fingerprint density at radius 2 is 1.95 bits per heavy atom. The van der Waals surface area contributed by atoms with Crippen LogP contribution in [0.4, 0.5) is 17.6 Å². The van der Waals surface area contributed by atoms with Crippen molar-refractivity contribution >= 4 is 5.97 Å². The number of carbonyl (C=O) groups is 1. The normalized spacial score (nSPS) is 12.0. The Labute approximate surface area is 120 Å². The van der Waals surface area contributed by atoms with Gasteiger partial charge >= 0.3 is 12.1 Å². The molecule has 118 valence electrons. The molecule has 0 spiro atoms. The summed E-state index contributed by atoms with van der Waals surface area (Å²) in [6.45, 7) is 2.12. The van der Waals surface area contributed by atoms with Gasteiger partial charge in [0.1, 0.15) is 5.82 Å². The first-order valence-electron chi connectivity index (χ1n) is 6.31. The van der Waals surface area contributed by atoms with Crippen molar-refractivity contribution in [3.8, 4) is 0 Å². The highest BCUT2D eigenvalue weighted by atomic mass is 19.4. The van der Waals surface area contributed by atoms with E-state index in [1.165, 1.54) is 17.0 Å². The van der Waals surface area contributed by atoms with Gasteiger partial charge in [0.2, 0.25) is 0 Å². The maximum absolute atomic E-state index is 13.7. The number of rotatable bonds is 5. The van der Waals surface area contributed by atoms with Crippen molar-refractivity contribution < 1.29 is 27.1 Å². The quantitative estimate of drug-likeness (QED) is 0.617. The predicted octanol–water partition coefficient (Wildman–Crippen LogP) is 3.39. The largest absolute Gasteiger partial charge is 0.465 e. The molecule has 0 unspecified atom stereocenters. The highest BCUT2D eigenvalue weighted by molar-refractivity contribution is 5.89. The summed E-state index contributed by atoms with van der Waals surface area (Å²) in [4.78, 5) is 12.4. The summed E-state index contributed by atoms with van der Waals surface area (Å²) in [5.41, 5.74) is 0.117. The molecule has 0 fully saturated rings. The minimum absolute atomic E-state index is 0.0600. The molecule has 0 radical (unpaired) electrons. The number of halogens is 4. The van der Waals surface area contributed by atoms with E-state index in [-0.39, 0.29) is 18.2 Å². The van der Waals surface area contributed by atoms with Crippen molar-refractivity contribution in [3.63, 3.8) is 0 Å². The number of hydrogen-bond acceptors (Lipinski definition) is 3. The average molecular weight is 307 g/mol. The molecule has 1 aromatic rings. The predicted molar refractivity (Wildman–Crippen MR) is 69.3 cm³/mol. The molecule has 0 aromatic heterocycles. The van der Waals surface area contributed by atoms with Crippen LogP contribution >= 0.6 is 0 Å². The van der Waals surface area contributed by atoms with E-state index in [1.807, 2.05) is 0 Å². The summed E-state index contributed by atoms with van der Waals surface area (Å²) in [6.07, 6.45) is -4.32. The fourth-order valence-corrected chi connectivity index (χ4v) is 1.82. The number of hydrogen-bond donors (Lipinski definition) is 0. The first-order chi connectivity index (χ1) is 9.64. The van der Waals surface area contributed by atoms with Gasteiger partial charge in [-0.05, 0) is 31.5 Å². The molecular formula is C14H17F4NO2. The first kappa shape index (κ1) is 17.4. The van der Waals surface area contributed by atoms with Crippen molar-refractivity contribution in [2.75, 3.05) is 13.7 Å². The third-order valence-electron chi connectivity index (χ3n) is 2.94. The molecule has 0 N–H and O–H groups in total. The molecule has 1 rings (SSSR count). The molecular weight excluding hydrogens is 290 g/mol. The Kier molecular flexibility index (Phi) is 5.71. The molecule has 3 nitrogen and oxygen atoms in total. The van der Waals surface area contributed by atoms with E-state index in [2.05, 4.69) is 4.74 Å². The number of alkyl halides is 3. The van der Waals surface area contributed by atoms with E-state index in [0.717, 1.165) is 13.2 Å². The van der Waals surface area contributed by atoms with E-state index >= 15 is 0 Å². The second kappa shape index (κ2) is 6.89. The summed E-state index contributed by atoms with van der Waals surface area (Å²) in [6, 6.07) is 3.33. The third-order valence-corrected chi connectivity index (χ3v) is 2.94. The summed E-state index contributed by atoms with van der Waals surface area (Å²) < 4.78 is 55.6. The van der Waals surface area contributed by atoms with E-state index in [9.17, 15) is 22.4 Å². The van der Waals surface area contributed by atoms with E-state index < -0.39 is 24.5 Å². The molecule has 0 saturated heterocycles. The van der Waals surface area contributed by atoms with E-state index in [1.54, 1.807) is 13.8 Å². The molecule has 1 aromatic carbocycles. The molecule has 0 heterocycles. The van der Waals surface area contributed by atoms with E-state index in [4.69, 9.17) is 0 Å². The van der Waals surface area contributed by atoms with Gasteiger partial charge in [0.05, 0.1) is 19.2 Å². The van der Waals surface area contributed by atoms with Crippen molar-refractivity contribution in [1.29, 1.82) is 0 Å². The molecule has 0 bridgehead atoms. The van der Waals surface area contributed by atoms with Crippen molar-refractivity contribution in [1.82, 2.24) is 4.90 Å². The fourth-order valence-electron chi connectivity index (χ4n) is 1.82. The van der Waals surface area contributed by atoms with E-state index in [0.29, 0.717) is 5.56 Å². The van der Waals surface area contributed by atoms with Gasteiger partial charge in [-0.2, -0.15) is 13.2 Å². The monoisotopic (exact) mass is 307 g/mol. The van der Waals surface area contributed by atoms with Crippen molar-refractivity contribution in [2.24, 2.45) is 0 Å². The standard InChI is InChI=1S/C14H17F4NO2/c1-9(2)19(8-14(16,17)18)7-10-4-5-11(12(15)6-10)13(20)21-3/h4-6,9H,7-8H2,1-3H3. The van der Waals surface area contributed by atoms with Crippen molar-refractivity contribution in [3.05, 3.63) is 35.1 Å². The fraction of sp³-hybridized carbons (Fsp3) is 0.500. The van der Waals surface area contributed by atoms with Crippen LogP contribution < -0.4 is 0 Å². The Balaban J connectivity index is 2.90. The topological polar surface area (TPSA) is 29.5 Å². The summed E-state index contributed by atoms with van der Waals surface area (Å²) in [7, 11) is 1.12. The number of benzene rings is 1. The van der Waals surface area contributed by atoms with Crippen LogP contribution in [0.1, 0.15) is 29.8 Å². The molecule has 0 aliphatic carbocycles. The summed E-state index contributed by atoms with van der Waals surface area (Å²) in [5.74, 6) is -1.63. The van der Waals surface area contributed by atoms with Crippen LogP contribution in [0.15, 0.2) is 18.2 Å². The molecule has 21 heavy (non-hydrogen) atoms. The van der Waals surface area contributed by atoms with Crippen LogP contribution in [0.25, 0.3) is 0 Å². The molecule has 0 aliphatic heterocycles. The van der Waals surface area contributed by atoms with Gasteiger partial charge in [0.15, 0.2) is 0 Å². The molecule has 0 amide bonds. The smallest absolute Gasteiger partial charge is 0.401 e. The lowest BCUT2D eigenvalue weighted by Crippen LogP contribution is -2.38. The van der Waals surface area contributed by atoms with Crippen LogP contribution in [-0.4, -0.2) is 36.7 Å². The third kappa shape index (κ3) is 5.34. The number of ether oxygens (including phenoxy) is 1. The zero-order chi connectivity index (χ0) is 16.2. The maximum Gasteiger partial charge on any atom is 0.401 e. The lowest BCUT2D eigenvalue weighted by Gasteiger charge is -2.27. The van der Waals surface area contributed by atoms with Gasteiger partial charge in [0.25, 0.3) is 0 Å². The average Bonchev–Trinajstić information content (AvgIpc) is 2.35. The highest BCUT2D eigenvalue weighted by Crippen LogP contribution is 2.21. The highest BCUT2D eigenvalue weighted by Gasteiger charge is 2.31. The van der Waals surface area contributed by atoms with Gasteiger partial charge in [-0.15, -0.1) is 0 Å². The first-order valence-corrected chi connectivity index (χ1v) is 6.31. The van der Waals surface area contributed by atoms with Gasteiger partial charge < -0.3 is 4.74 Å². The molecule has 7 heteroatoms. The number of carbonyl (C=O) groups excluding carboxylic acids is 1. The Morgan fingerprint density at radius 1 is 1.33 bits per heavy atom. The second-order valence-electron chi connectivity index (χ2n) is 4.92. The van der Waals surface area contributed by atoms with Gasteiger partial charge in [0, 0.05) is 12.6 Å². The lowest BCUT2D eigenvalue weighted by molar-refractivity contribution is -0.150. The Bertz CT molecular complexity index is 500. The van der Waals surface area contributed by atoms with Crippen LogP contribution in [-0.2, 0) is 11.3 Å².